The molecule has 4 nitrogen and oxygen atoms in total. The van der Waals surface area contributed by atoms with Gasteiger partial charge in [0.05, 0.1) is 13.0 Å². The van der Waals surface area contributed by atoms with Gasteiger partial charge in [0, 0.05) is 11.1 Å². The molecule has 0 saturated heterocycles. The van der Waals surface area contributed by atoms with Crippen molar-refractivity contribution in [3.8, 4) is 5.75 Å². The van der Waals surface area contributed by atoms with Crippen LogP contribution in [0.1, 0.15) is 22.4 Å². The third-order valence-electron chi connectivity index (χ3n) is 2.66. The molecule has 1 amide bonds. The van der Waals surface area contributed by atoms with Crippen LogP contribution in [-0.2, 0) is 4.79 Å². The minimum Gasteiger partial charge on any atom is -0.493 e. The van der Waals surface area contributed by atoms with Crippen LogP contribution in [0, 0.1) is 20.8 Å². The minimum absolute atomic E-state index is 0.0799. The number of aryl methyl sites for hydroxylation is 3. The first-order chi connectivity index (χ1) is 9.52. The number of ether oxygens (including phenoxy) is 1. The zero-order valence-electron chi connectivity index (χ0n) is 11.9. The molecule has 106 valence electrons. The second-order valence-corrected chi connectivity index (χ2v) is 5.98. The standard InChI is InChI=1S/C15H18N2O2S/c1-10-6-11(2)8-13(7-10)19-5-4-14(18)17-15-16-9-12(3)20-15/h6-9H,4-5H2,1-3H3,(H,16,17,18). The van der Waals surface area contributed by atoms with E-state index in [0.717, 1.165) is 21.8 Å². The lowest BCUT2D eigenvalue weighted by atomic mass is 10.1. The Hall–Kier alpha value is -1.88. The average molecular weight is 290 g/mol. The van der Waals surface area contributed by atoms with Gasteiger partial charge in [-0.05, 0) is 44.0 Å². The number of hydrogen-bond donors (Lipinski definition) is 1. The largest absolute Gasteiger partial charge is 0.493 e. The van der Waals surface area contributed by atoms with Gasteiger partial charge in [-0.25, -0.2) is 4.98 Å². The second kappa shape index (κ2) is 6.52. The molecule has 0 saturated carbocycles. The number of carbonyl (C=O) groups is 1. The summed E-state index contributed by atoms with van der Waals surface area (Å²) in [6, 6.07) is 6.02. The monoisotopic (exact) mass is 290 g/mol. The number of nitrogens with zero attached hydrogens (tertiary/aromatic N) is 1. The molecule has 0 fully saturated rings. The van der Waals surface area contributed by atoms with Crippen molar-refractivity contribution in [2.75, 3.05) is 11.9 Å². The van der Waals surface area contributed by atoms with Crippen molar-refractivity contribution in [1.82, 2.24) is 4.98 Å². The highest BCUT2D eigenvalue weighted by molar-refractivity contribution is 7.15. The summed E-state index contributed by atoms with van der Waals surface area (Å²) in [5.41, 5.74) is 2.31. The van der Waals surface area contributed by atoms with Crippen LogP contribution in [0.15, 0.2) is 24.4 Å². The van der Waals surface area contributed by atoms with E-state index in [0.29, 0.717) is 18.2 Å². The van der Waals surface area contributed by atoms with E-state index < -0.39 is 0 Å². The number of hydrogen-bond acceptors (Lipinski definition) is 4. The molecule has 0 atom stereocenters. The fraction of sp³-hybridized carbons (Fsp3) is 0.333. The molecule has 0 unspecified atom stereocenters. The Morgan fingerprint density at radius 1 is 1.25 bits per heavy atom. The fourth-order valence-electron chi connectivity index (χ4n) is 1.87. The predicted molar refractivity (Wildman–Crippen MR) is 81.5 cm³/mol. The third-order valence-corrected chi connectivity index (χ3v) is 3.49. The first-order valence-electron chi connectivity index (χ1n) is 6.46. The zero-order chi connectivity index (χ0) is 14.5. The highest BCUT2D eigenvalue weighted by atomic mass is 32.1. The van der Waals surface area contributed by atoms with Crippen LogP contribution in [-0.4, -0.2) is 17.5 Å². The summed E-state index contributed by atoms with van der Waals surface area (Å²) in [6.07, 6.45) is 2.05. The Labute approximate surface area is 122 Å². The average Bonchev–Trinajstić information content (AvgIpc) is 2.73. The first-order valence-corrected chi connectivity index (χ1v) is 7.28. The van der Waals surface area contributed by atoms with E-state index in [2.05, 4.69) is 16.4 Å². The maximum absolute atomic E-state index is 11.7. The van der Waals surface area contributed by atoms with E-state index in [1.807, 2.05) is 32.9 Å². The van der Waals surface area contributed by atoms with Gasteiger partial charge in [-0.15, -0.1) is 11.3 Å². The summed E-state index contributed by atoms with van der Waals surface area (Å²) in [7, 11) is 0. The summed E-state index contributed by atoms with van der Waals surface area (Å²) in [5, 5.41) is 3.40. The van der Waals surface area contributed by atoms with E-state index in [1.54, 1.807) is 6.20 Å². The Bertz CT molecular complexity index is 587. The molecule has 5 heteroatoms. The smallest absolute Gasteiger partial charge is 0.229 e. The number of aromatic nitrogens is 1. The fourth-order valence-corrected chi connectivity index (χ4v) is 2.55. The Morgan fingerprint density at radius 3 is 2.55 bits per heavy atom. The number of benzene rings is 1. The van der Waals surface area contributed by atoms with Crippen molar-refractivity contribution in [1.29, 1.82) is 0 Å². The Balaban J connectivity index is 1.79. The van der Waals surface area contributed by atoms with Gasteiger partial charge < -0.3 is 10.1 Å². The quantitative estimate of drug-likeness (QED) is 0.917. The van der Waals surface area contributed by atoms with Crippen LogP contribution in [0.3, 0.4) is 0 Å². The van der Waals surface area contributed by atoms with Crippen LogP contribution in [0.4, 0.5) is 5.13 Å². The lowest BCUT2D eigenvalue weighted by molar-refractivity contribution is -0.116. The highest BCUT2D eigenvalue weighted by Gasteiger charge is 2.06. The predicted octanol–water partition coefficient (Wildman–Crippen LogP) is 3.48. The van der Waals surface area contributed by atoms with Crippen LogP contribution in [0.2, 0.25) is 0 Å². The zero-order valence-corrected chi connectivity index (χ0v) is 12.7. The molecular formula is C15H18N2O2S. The Kier molecular flexibility index (Phi) is 4.74. The second-order valence-electron chi connectivity index (χ2n) is 4.75. The minimum atomic E-state index is -0.0799. The highest BCUT2D eigenvalue weighted by Crippen LogP contribution is 2.18. The van der Waals surface area contributed by atoms with Gasteiger partial charge in [0.25, 0.3) is 0 Å². The topological polar surface area (TPSA) is 51.2 Å². The number of thiazole rings is 1. The van der Waals surface area contributed by atoms with Gasteiger partial charge in [-0.1, -0.05) is 6.07 Å². The molecule has 2 rings (SSSR count). The molecule has 0 aliphatic heterocycles. The Morgan fingerprint density at radius 2 is 1.95 bits per heavy atom. The molecular weight excluding hydrogens is 272 g/mol. The molecule has 2 aromatic rings. The molecule has 0 aliphatic rings. The lowest BCUT2D eigenvalue weighted by Crippen LogP contribution is -2.15. The summed E-state index contributed by atoms with van der Waals surface area (Å²) in [6.45, 7) is 6.37. The maximum Gasteiger partial charge on any atom is 0.229 e. The van der Waals surface area contributed by atoms with Gasteiger partial charge in [0.2, 0.25) is 5.91 Å². The molecule has 1 aromatic carbocycles. The van der Waals surface area contributed by atoms with Crippen LogP contribution in [0.5, 0.6) is 5.75 Å². The van der Waals surface area contributed by atoms with Gasteiger partial charge in [0.1, 0.15) is 5.75 Å². The molecule has 0 radical (unpaired) electrons. The van der Waals surface area contributed by atoms with E-state index in [4.69, 9.17) is 4.74 Å². The third kappa shape index (κ3) is 4.35. The molecule has 20 heavy (non-hydrogen) atoms. The van der Waals surface area contributed by atoms with E-state index in [1.165, 1.54) is 11.3 Å². The maximum atomic E-state index is 11.7. The van der Waals surface area contributed by atoms with Crippen molar-refractivity contribution < 1.29 is 9.53 Å². The van der Waals surface area contributed by atoms with Crippen molar-refractivity contribution in [2.45, 2.75) is 27.2 Å². The number of rotatable bonds is 5. The molecule has 0 spiro atoms. The molecule has 1 aromatic heterocycles. The molecule has 1 heterocycles. The number of carbonyl (C=O) groups excluding carboxylic acids is 1. The van der Waals surface area contributed by atoms with Gasteiger partial charge >= 0.3 is 0 Å². The molecule has 1 N–H and O–H groups in total. The summed E-state index contributed by atoms with van der Waals surface area (Å²) >= 11 is 1.47. The van der Waals surface area contributed by atoms with Gasteiger partial charge in [-0.3, -0.25) is 4.79 Å². The van der Waals surface area contributed by atoms with Gasteiger partial charge in [0.15, 0.2) is 5.13 Å². The van der Waals surface area contributed by atoms with Crippen molar-refractivity contribution in [3.63, 3.8) is 0 Å². The van der Waals surface area contributed by atoms with Crippen molar-refractivity contribution in [3.05, 3.63) is 40.4 Å². The van der Waals surface area contributed by atoms with E-state index in [-0.39, 0.29) is 5.91 Å². The number of anilines is 1. The first kappa shape index (κ1) is 14.5. The van der Waals surface area contributed by atoms with Crippen LogP contribution in [0.25, 0.3) is 0 Å². The summed E-state index contributed by atoms with van der Waals surface area (Å²) in [4.78, 5) is 16.9. The number of nitrogens with one attached hydrogen (secondary N) is 1. The molecule has 0 aliphatic carbocycles. The summed E-state index contributed by atoms with van der Waals surface area (Å²) < 4.78 is 5.60. The SMILES string of the molecule is Cc1cc(C)cc(OCCC(=O)Nc2ncc(C)s2)c1. The van der Waals surface area contributed by atoms with E-state index in [9.17, 15) is 4.79 Å². The molecule has 0 bridgehead atoms. The van der Waals surface area contributed by atoms with Crippen molar-refractivity contribution >= 4 is 22.4 Å². The van der Waals surface area contributed by atoms with Crippen molar-refractivity contribution in [2.24, 2.45) is 0 Å². The van der Waals surface area contributed by atoms with Crippen LogP contribution < -0.4 is 10.1 Å². The lowest BCUT2D eigenvalue weighted by Gasteiger charge is -2.08. The normalized spacial score (nSPS) is 10.3. The van der Waals surface area contributed by atoms with E-state index >= 15 is 0 Å². The van der Waals surface area contributed by atoms with Gasteiger partial charge in [-0.2, -0.15) is 0 Å². The summed E-state index contributed by atoms with van der Waals surface area (Å²) in [5.74, 6) is 0.726. The van der Waals surface area contributed by atoms with Crippen LogP contribution >= 0.6 is 11.3 Å². The number of amides is 1.